The van der Waals surface area contributed by atoms with Gasteiger partial charge in [-0.15, -0.1) is 0 Å². The maximum atomic E-state index is 12.2. The Morgan fingerprint density at radius 1 is 1.08 bits per heavy atom. The minimum Gasteiger partial charge on any atom is -0.497 e. The molecule has 0 saturated heterocycles. The average Bonchev–Trinajstić information content (AvgIpc) is 2.63. The first-order chi connectivity index (χ1) is 11.9. The number of ether oxygens (including phenoxy) is 3. The van der Waals surface area contributed by atoms with Crippen LogP contribution in [0.15, 0.2) is 18.2 Å². The first-order valence-electron chi connectivity index (χ1n) is 8.64. The molecule has 3 unspecified atom stereocenters. The normalized spacial score (nSPS) is 22.8. The quantitative estimate of drug-likeness (QED) is 0.800. The first kappa shape index (κ1) is 19.1. The van der Waals surface area contributed by atoms with E-state index in [-0.39, 0.29) is 24.1 Å². The molecule has 1 aliphatic carbocycles. The van der Waals surface area contributed by atoms with Crippen molar-refractivity contribution >= 4 is 11.9 Å². The van der Waals surface area contributed by atoms with Crippen molar-refractivity contribution in [3.05, 3.63) is 23.8 Å². The standard InChI is InChI=1S/C19H27NO5/c1-12-6-5-7-17(13(12)2)20-18(21)11-25-19(22)14-8-15(23-3)10-16(9-14)24-4/h8-10,12-13,17H,5-7,11H2,1-4H3,(H,20,21). The zero-order chi connectivity index (χ0) is 18.4. The molecule has 6 heteroatoms. The third kappa shape index (κ3) is 5.11. The fraction of sp³-hybridized carbons (Fsp3) is 0.579. The van der Waals surface area contributed by atoms with Crippen molar-refractivity contribution in [3.8, 4) is 11.5 Å². The molecule has 0 aliphatic heterocycles. The summed E-state index contributed by atoms with van der Waals surface area (Å²) in [5.41, 5.74) is 0.281. The molecule has 3 atom stereocenters. The summed E-state index contributed by atoms with van der Waals surface area (Å²) in [6, 6.07) is 4.91. The number of benzene rings is 1. The Morgan fingerprint density at radius 3 is 2.32 bits per heavy atom. The third-order valence-electron chi connectivity index (χ3n) is 4.97. The van der Waals surface area contributed by atoms with Gasteiger partial charge in [0, 0.05) is 12.1 Å². The second kappa shape index (κ2) is 8.74. The van der Waals surface area contributed by atoms with Crippen molar-refractivity contribution in [2.24, 2.45) is 11.8 Å². The number of carbonyl (C=O) groups excluding carboxylic acids is 2. The Kier molecular flexibility index (Phi) is 6.67. The number of methoxy groups -OCH3 is 2. The molecule has 1 saturated carbocycles. The molecule has 6 nitrogen and oxygen atoms in total. The largest absolute Gasteiger partial charge is 0.497 e. The van der Waals surface area contributed by atoms with E-state index >= 15 is 0 Å². The van der Waals surface area contributed by atoms with Crippen molar-refractivity contribution in [1.29, 1.82) is 0 Å². The molecule has 1 aliphatic rings. The van der Waals surface area contributed by atoms with Gasteiger partial charge in [0.2, 0.25) is 0 Å². The van der Waals surface area contributed by atoms with Gasteiger partial charge in [-0.2, -0.15) is 0 Å². The van der Waals surface area contributed by atoms with Crippen LogP contribution in [0.1, 0.15) is 43.5 Å². The van der Waals surface area contributed by atoms with E-state index < -0.39 is 5.97 Å². The van der Waals surface area contributed by atoms with E-state index in [0.717, 1.165) is 12.8 Å². The predicted octanol–water partition coefficient (Wildman–Crippen LogP) is 2.80. The smallest absolute Gasteiger partial charge is 0.338 e. The van der Waals surface area contributed by atoms with Crippen LogP contribution in [0.2, 0.25) is 0 Å². The molecule has 0 spiro atoms. The van der Waals surface area contributed by atoms with Crippen molar-refractivity contribution < 1.29 is 23.8 Å². The highest BCUT2D eigenvalue weighted by molar-refractivity contribution is 5.92. The molecule has 0 radical (unpaired) electrons. The van der Waals surface area contributed by atoms with E-state index in [1.54, 1.807) is 18.2 Å². The maximum Gasteiger partial charge on any atom is 0.338 e. The van der Waals surface area contributed by atoms with Crippen LogP contribution in [-0.4, -0.2) is 38.7 Å². The van der Waals surface area contributed by atoms with E-state index in [2.05, 4.69) is 19.2 Å². The van der Waals surface area contributed by atoms with E-state index in [1.807, 2.05) is 0 Å². The lowest BCUT2D eigenvalue weighted by Gasteiger charge is -2.34. The van der Waals surface area contributed by atoms with Gasteiger partial charge < -0.3 is 19.5 Å². The van der Waals surface area contributed by atoms with E-state index in [1.165, 1.54) is 20.6 Å². The van der Waals surface area contributed by atoms with Crippen molar-refractivity contribution in [3.63, 3.8) is 0 Å². The molecule has 2 rings (SSSR count). The fourth-order valence-electron chi connectivity index (χ4n) is 3.17. The molecule has 25 heavy (non-hydrogen) atoms. The van der Waals surface area contributed by atoms with Crippen molar-refractivity contribution in [1.82, 2.24) is 5.32 Å². The van der Waals surface area contributed by atoms with Crippen LogP contribution in [0.3, 0.4) is 0 Å². The number of nitrogens with one attached hydrogen (secondary N) is 1. The summed E-state index contributed by atoms with van der Waals surface area (Å²) < 4.78 is 15.4. The Hall–Kier alpha value is -2.24. The van der Waals surface area contributed by atoms with Gasteiger partial charge in [-0.1, -0.05) is 26.7 Å². The number of esters is 1. The molecule has 1 fully saturated rings. The van der Waals surface area contributed by atoms with Gasteiger partial charge in [0.1, 0.15) is 11.5 Å². The summed E-state index contributed by atoms with van der Waals surface area (Å²) in [5.74, 6) is 1.13. The molecule has 0 heterocycles. The Morgan fingerprint density at radius 2 is 1.72 bits per heavy atom. The summed E-state index contributed by atoms with van der Waals surface area (Å²) in [4.78, 5) is 24.3. The fourth-order valence-corrected chi connectivity index (χ4v) is 3.17. The monoisotopic (exact) mass is 349 g/mol. The highest BCUT2D eigenvalue weighted by atomic mass is 16.5. The van der Waals surface area contributed by atoms with Gasteiger partial charge in [0.25, 0.3) is 5.91 Å². The second-order valence-electron chi connectivity index (χ2n) is 6.62. The molecule has 138 valence electrons. The SMILES string of the molecule is COc1cc(OC)cc(C(=O)OCC(=O)NC2CCCC(C)C2C)c1. The van der Waals surface area contributed by atoms with Gasteiger partial charge >= 0.3 is 5.97 Å². The second-order valence-corrected chi connectivity index (χ2v) is 6.62. The van der Waals surface area contributed by atoms with Crippen LogP contribution in [0.25, 0.3) is 0 Å². The van der Waals surface area contributed by atoms with E-state index in [9.17, 15) is 9.59 Å². The minimum absolute atomic E-state index is 0.145. The van der Waals surface area contributed by atoms with E-state index in [4.69, 9.17) is 14.2 Å². The van der Waals surface area contributed by atoms with Crippen LogP contribution in [0.5, 0.6) is 11.5 Å². The van der Waals surface area contributed by atoms with Crippen molar-refractivity contribution in [2.75, 3.05) is 20.8 Å². The predicted molar refractivity (Wildman–Crippen MR) is 93.9 cm³/mol. The molecule has 1 aromatic carbocycles. The van der Waals surface area contributed by atoms with Gasteiger partial charge in [-0.25, -0.2) is 4.79 Å². The summed E-state index contributed by atoms with van der Waals surface area (Å²) in [6.07, 6.45) is 3.28. The molecule has 0 bridgehead atoms. The minimum atomic E-state index is -0.586. The highest BCUT2D eigenvalue weighted by Crippen LogP contribution is 2.29. The molecule has 1 N–H and O–H groups in total. The first-order valence-corrected chi connectivity index (χ1v) is 8.64. The van der Waals surface area contributed by atoms with Crippen LogP contribution in [0, 0.1) is 11.8 Å². The zero-order valence-corrected chi connectivity index (χ0v) is 15.3. The number of hydrogen-bond donors (Lipinski definition) is 1. The van der Waals surface area contributed by atoms with E-state index in [0.29, 0.717) is 23.3 Å². The average molecular weight is 349 g/mol. The third-order valence-corrected chi connectivity index (χ3v) is 4.97. The summed E-state index contributed by atoms with van der Waals surface area (Å²) in [7, 11) is 3.01. The molecular weight excluding hydrogens is 322 g/mol. The Bertz CT molecular complexity index is 594. The number of rotatable bonds is 6. The van der Waals surface area contributed by atoms with Gasteiger partial charge in [-0.05, 0) is 30.4 Å². The van der Waals surface area contributed by atoms with Gasteiger partial charge in [-0.3, -0.25) is 4.79 Å². The van der Waals surface area contributed by atoms with Crippen LogP contribution < -0.4 is 14.8 Å². The zero-order valence-electron chi connectivity index (χ0n) is 15.3. The summed E-state index contributed by atoms with van der Waals surface area (Å²) >= 11 is 0. The lowest BCUT2D eigenvalue weighted by molar-refractivity contribution is -0.125. The number of hydrogen-bond acceptors (Lipinski definition) is 5. The van der Waals surface area contributed by atoms with Gasteiger partial charge in [0.05, 0.1) is 19.8 Å². The highest BCUT2D eigenvalue weighted by Gasteiger charge is 2.28. The lowest BCUT2D eigenvalue weighted by atomic mass is 9.78. The van der Waals surface area contributed by atoms with Crippen LogP contribution >= 0.6 is 0 Å². The summed E-state index contributed by atoms with van der Waals surface area (Å²) in [5, 5.41) is 2.99. The van der Waals surface area contributed by atoms with Crippen molar-refractivity contribution in [2.45, 2.75) is 39.2 Å². The van der Waals surface area contributed by atoms with Crippen LogP contribution in [0.4, 0.5) is 0 Å². The topological polar surface area (TPSA) is 73.9 Å². The van der Waals surface area contributed by atoms with Crippen LogP contribution in [-0.2, 0) is 9.53 Å². The molecule has 1 aromatic rings. The molecule has 0 aromatic heterocycles. The Labute approximate surface area is 148 Å². The Balaban J connectivity index is 1.90. The maximum absolute atomic E-state index is 12.2. The molecular formula is C19H27NO5. The van der Waals surface area contributed by atoms with Gasteiger partial charge in [0.15, 0.2) is 6.61 Å². The molecule has 1 amide bonds. The number of carbonyl (C=O) groups is 2. The number of amides is 1. The summed E-state index contributed by atoms with van der Waals surface area (Å²) in [6.45, 7) is 4.07. The lowest BCUT2D eigenvalue weighted by Crippen LogP contribution is -2.45.